The maximum Gasteiger partial charge on any atom is 0.416 e. The predicted octanol–water partition coefficient (Wildman–Crippen LogP) is 6.49. The molecule has 0 saturated carbocycles. The summed E-state index contributed by atoms with van der Waals surface area (Å²) in [6, 6.07) is 19.1. The van der Waals surface area contributed by atoms with E-state index in [-0.39, 0.29) is 12.2 Å². The number of carboxylic acid groups (broad SMARTS) is 1. The molecule has 30 heavy (non-hydrogen) atoms. The second kappa shape index (κ2) is 9.22. The van der Waals surface area contributed by atoms with Crippen LogP contribution in [0.25, 0.3) is 11.1 Å². The van der Waals surface area contributed by atoms with Crippen molar-refractivity contribution in [1.82, 2.24) is 0 Å². The van der Waals surface area contributed by atoms with Gasteiger partial charge in [-0.3, -0.25) is 0 Å². The van der Waals surface area contributed by atoms with E-state index in [0.29, 0.717) is 11.4 Å². The van der Waals surface area contributed by atoms with Crippen molar-refractivity contribution in [3.05, 3.63) is 88.9 Å². The van der Waals surface area contributed by atoms with Gasteiger partial charge >= 0.3 is 12.1 Å². The van der Waals surface area contributed by atoms with E-state index in [1.165, 1.54) is 0 Å². The Morgan fingerprint density at radius 3 is 1.93 bits per heavy atom. The summed E-state index contributed by atoms with van der Waals surface area (Å²) in [4.78, 5) is 11.5. The number of halogens is 4. The fraction of sp³-hybridized carbons (Fsp3) is 0.174. The maximum absolute atomic E-state index is 12.6. The molecule has 0 heterocycles. The van der Waals surface area contributed by atoms with Crippen LogP contribution in [0.4, 0.5) is 13.2 Å². The topological polar surface area (TPSA) is 46.5 Å². The van der Waals surface area contributed by atoms with Crippen molar-refractivity contribution in [2.75, 3.05) is 0 Å². The van der Waals surface area contributed by atoms with Crippen molar-refractivity contribution in [3.8, 4) is 16.9 Å². The fourth-order valence-electron chi connectivity index (χ4n) is 2.92. The smallest absolute Gasteiger partial charge is 0.416 e. The summed E-state index contributed by atoms with van der Waals surface area (Å²) in [6.07, 6.45) is -5.00. The lowest BCUT2D eigenvalue weighted by atomic mass is 10.0. The van der Waals surface area contributed by atoms with Crippen LogP contribution in [0.3, 0.4) is 0 Å². The van der Waals surface area contributed by atoms with Gasteiger partial charge in [0.1, 0.15) is 5.75 Å². The third kappa shape index (κ3) is 5.76. The average molecular weight is 435 g/mol. The first-order valence-electron chi connectivity index (χ1n) is 9.14. The predicted molar refractivity (Wildman–Crippen MR) is 109 cm³/mol. The molecule has 0 aromatic heterocycles. The Hall–Kier alpha value is -2.99. The molecule has 0 radical (unpaired) electrons. The number of benzene rings is 3. The first kappa shape index (κ1) is 21.7. The molecule has 3 aromatic rings. The van der Waals surface area contributed by atoms with E-state index in [4.69, 9.17) is 16.3 Å². The van der Waals surface area contributed by atoms with Gasteiger partial charge in [0.25, 0.3) is 0 Å². The van der Waals surface area contributed by atoms with Crippen LogP contribution in [-0.4, -0.2) is 17.2 Å². The molecule has 0 bridgehead atoms. The standard InChI is InChI=1S/C23H18ClF3O3/c24-19-10-6-17(7-11-19)16-4-1-15(2-5-16)3-14-21(22(28)29)30-20-12-8-18(9-13-20)23(25,26)27/h1-2,4-13,21H,3,14H2,(H,28,29). The Bertz CT molecular complexity index is 982. The van der Waals surface area contributed by atoms with Crippen molar-refractivity contribution >= 4 is 17.6 Å². The Kier molecular flexibility index (Phi) is 6.67. The van der Waals surface area contributed by atoms with E-state index in [1.54, 1.807) is 12.1 Å². The average Bonchev–Trinajstić information content (AvgIpc) is 2.71. The molecule has 0 aliphatic carbocycles. The number of ether oxygens (including phenoxy) is 1. The van der Waals surface area contributed by atoms with Crippen molar-refractivity contribution in [2.45, 2.75) is 25.1 Å². The van der Waals surface area contributed by atoms with Crippen LogP contribution in [0.15, 0.2) is 72.8 Å². The molecule has 0 aliphatic heterocycles. The van der Waals surface area contributed by atoms with Crippen molar-refractivity contribution in [2.24, 2.45) is 0 Å². The van der Waals surface area contributed by atoms with E-state index in [9.17, 15) is 23.1 Å². The van der Waals surface area contributed by atoms with Gasteiger partial charge in [0, 0.05) is 5.02 Å². The maximum atomic E-state index is 12.6. The zero-order valence-electron chi connectivity index (χ0n) is 15.7. The zero-order chi connectivity index (χ0) is 21.7. The summed E-state index contributed by atoms with van der Waals surface area (Å²) in [7, 11) is 0. The van der Waals surface area contributed by atoms with E-state index < -0.39 is 23.8 Å². The lowest BCUT2D eigenvalue weighted by molar-refractivity contribution is -0.145. The summed E-state index contributed by atoms with van der Waals surface area (Å²) in [5.41, 5.74) is 2.13. The summed E-state index contributed by atoms with van der Waals surface area (Å²) < 4.78 is 43.3. The molecule has 1 unspecified atom stereocenters. The first-order valence-corrected chi connectivity index (χ1v) is 9.52. The van der Waals surface area contributed by atoms with Crippen LogP contribution in [0.2, 0.25) is 5.02 Å². The highest BCUT2D eigenvalue weighted by Gasteiger charge is 2.30. The summed E-state index contributed by atoms with van der Waals surface area (Å²) in [5.74, 6) is -1.10. The van der Waals surface area contributed by atoms with Gasteiger partial charge in [-0.15, -0.1) is 0 Å². The molecule has 0 amide bonds. The number of hydrogen-bond acceptors (Lipinski definition) is 2. The van der Waals surface area contributed by atoms with Gasteiger partial charge in [0.05, 0.1) is 5.56 Å². The van der Waals surface area contributed by atoms with Gasteiger partial charge in [0.15, 0.2) is 6.10 Å². The van der Waals surface area contributed by atoms with Crippen LogP contribution < -0.4 is 4.74 Å². The molecule has 0 fully saturated rings. The molecule has 0 saturated heterocycles. The van der Waals surface area contributed by atoms with E-state index in [2.05, 4.69) is 0 Å². The minimum Gasteiger partial charge on any atom is -0.479 e. The number of aliphatic carboxylic acids is 1. The first-order chi connectivity index (χ1) is 14.2. The number of hydrogen-bond donors (Lipinski definition) is 1. The SMILES string of the molecule is O=C(O)C(CCc1ccc(-c2ccc(Cl)cc2)cc1)Oc1ccc(C(F)(F)F)cc1. The Morgan fingerprint density at radius 1 is 0.900 bits per heavy atom. The van der Waals surface area contributed by atoms with Crippen LogP contribution >= 0.6 is 11.6 Å². The molecular weight excluding hydrogens is 417 g/mol. The molecule has 0 spiro atoms. The van der Waals surface area contributed by atoms with Crippen LogP contribution in [0.1, 0.15) is 17.5 Å². The van der Waals surface area contributed by atoms with Crippen molar-refractivity contribution in [3.63, 3.8) is 0 Å². The van der Waals surface area contributed by atoms with Gasteiger partial charge in [-0.05, 0) is 65.9 Å². The number of rotatable bonds is 7. The monoisotopic (exact) mass is 434 g/mol. The highest BCUT2D eigenvalue weighted by Crippen LogP contribution is 2.30. The number of alkyl halides is 3. The highest BCUT2D eigenvalue weighted by atomic mass is 35.5. The molecule has 3 nitrogen and oxygen atoms in total. The van der Waals surface area contributed by atoms with E-state index >= 15 is 0 Å². The lowest BCUT2D eigenvalue weighted by Gasteiger charge is -2.16. The number of aryl methyl sites for hydroxylation is 1. The second-order valence-corrected chi connectivity index (χ2v) is 7.15. The molecule has 1 atom stereocenters. The Morgan fingerprint density at radius 2 is 1.43 bits per heavy atom. The third-order valence-electron chi connectivity index (χ3n) is 4.56. The lowest BCUT2D eigenvalue weighted by Crippen LogP contribution is -2.27. The summed E-state index contributed by atoms with van der Waals surface area (Å²) in [5, 5.41) is 10.1. The molecule has 3 rings (SSSR count). The van der Waals surface area contributed by atoms with E-state index in [0.717, 1.165) is 41.0 Å². The van der Waals surface area contributed by atoms with Gasteiger partial charge in [-0.2, -0.15) is 13.2 Å². The van der Waals surface area contributed by atoms with Gasteiger partial charge in [0.2, 0.25) is 0 Å². The normalized spacial score (nSPS) is 12.4. The third-order valence-corrected chi connectivity index (χ3v) is 4.81. The van der Waals surface area contributed by atoms with Crippen LogP contribution in [0, 0.1) is 0 Å². The molecule has 156 valence electrons. The van der Waals surface area contributed by atoms with E-state index in [1.807, 2.05) is 36.4 Å². The second-order valence-electron chi connectivity index (χ2n) is 6.71. The largest absolute Gasteiger partial charge is 0.479 e. The van der Waals surface area contributed by atoms with Crippen molar-refractivity contribution < 1.29 is 27.8 Å². The van der Waals surface area contributed by atoms with Crippen LogP contribution in [-0.2, 0) is 17.4 Å². The summed E-state index contributed by atoms with van der Waals surface area (Å²) >= 11 is 5.90. The van der Waals surface area contributed by atoms with Crippen molar-refractivity contribution in [1.29, 1.82) is 0 Å². The highest BCUT2D eigenvalue weighted by molar-refractivity contribution is 6.30. The Labute approximate surface area is 176 Å². The fourth-order valence-corrected chi connectivity index (χ4v) is 3.05. The number of carboxylic acids is 1. The molecule has 1 N–H and O–H groups in total. The van der Waals surface area contributed by atoms with Gasteiger partial charge < -0.3 is 9.84 Å². The Balaban J connectivity index is 1.62. The van der Waals surface area contributed by atoms with Gasteiger partial charge in [-0.25, -0.2) is 4.79 Å². The molecule has 7 heteroatoms. The summed E-state index contributed by atoms with van der Waals surface area (Å²) in [6.45, 7) is 0. The van der Waals surface area contributed by atoms with Gasteiger partial charge in [-0.1, -0.05) is 48.0 Å². The molecule has 3 aromatic carbocycles. The minimum atomic E-state index is -4.46. The van der Waals surface area contributed by atoms with Crippen LogP contribution in [0.5, 0.6) is 5.75 Å². The molecule has 0 aliphatic rings. The number of carbonyl (C=O) groups is 1. The minimum absolute atomic E-state index is 0.0773. The molecular formula is C23H18ClF3O3. The zero-order valence-corrected chi connectivity index (χ0v) is 16.5. The quantitative estimate of drug-likeness (QED) is 0.462.